The number of hydrogen-bond acceptors (Lipinski definition) is 5. The Morgan fingerprint density at radius 1 is 1.14 bits per heavy atom. The zero-order valence-electron chi connectivity index (χ0n) is 16.1. The first-order chi connectivity index (χ1) is 13.5. The Morgan fingerprint density at radius 3 is 2.54 bits per heavy atom. The fourth-order valence-corrected chi connectivity index (χ4v) is 2.60. The highest BCUT2D eigenvalue weighted by atomic mass is 35.5. The summed E-state index contributed by atoms with van der Waals surface area (Å²) in [5.74, 6) is -0.471. The zero-order chi connectivity index (χ0) is 20.4. The van der Waals surface area contributed by atoms with Gasteiger partial charge in [-0.1, -0.05) is 60.2 Å². The summed E-state index contributed by atoms with van der Waals surface area (Å²) in [4.78, 5) is 17.7. The summed E-state index contributed by atoms with van der Waals surface area (Å²) in [5.41, 5.74) is 5.89. The van der Waals surface area contributed by atoms with Crippen LogP contribution in [-0.4, -0.2) is 26.2 Å². The molecule has 5 nitrogen and oxygen atoms in total. The van der Waals surface area contributed by atoms with E-state index in [-0.39, 0.29) is 12.6 Å². The third-order valence-corrected chi connectivity index (χ3v) is 4.14. The summed E-state index contributed by atoms with van der Waals surface area (Å²) in [6.07, 6.45) is 5.34. The average Bonchev–Trinajstić information content (AvgIpc) is 2.71. The van der Waals surface area contributed by atoms with Crippen molar-refractivity contribution in [3.8, 4) is 0 Å². The van der Waals surface area contributed by atoms with Crippen molar-refractivity contribution >= 4 is 29.2 Å². The average molecular weight is 402 g/mol. The summed E-state index contributed by atoms with van der Waals surface area (Å²) in [5, 5.41) is 0.708. The van der Waals surface area contributed by atoms with Gasteiger partial charge in [-0.05, 0) is 35.7 Å². The molecule has 28 heavy (non-hydrogen) atoms. The van der Waals surface area contributed by atoms with Gasteiger partial charge in [-0.25, -0.2) is 4.79 Å². The second-order valence-electron chi connectivity index (χ2n) is 6.02. The van der Waals surface area contributed by atoms with E-state index in [2.05, 4.69) is 5.48 Å². The fourth-order valence-electron chi connectivity index (χ4n) is 2.48. The maximum atomic E-state index is 12.0. The standard InChI is InChI=1S/C22H24ClNO4/c1-16(8-9-17-10-12-19(23)13-11-17)24-28-14-18-6-4-5-7-20(18)21(15-26-2)22(25)27-3/h4-13,15-16,24H,14H2,1-3H3. The molecule has 0 fully saturated rings. The number of nitrogens with one attached hydrogen (secondary N) is 1. The molecule has 6 heteroatoms. The highest BCUT2D eigenvalue weighted by molar-refractivity contribution is 6.30. The van der Waals surface area contributed by atoms with E-state index in [1.807, 2.05) is 67.6 Å². The summed E-state index contributed by atoms with van der Waals surface area (Å²) in [6, 6.07) is 15.0. The molecule has 0 saturated heterocycles. The molecule has 0 aliphatic carbocycles. The van der Waals surface area contributed by atoms with Crippen molar-refractivity contribution < 1.29 is 19.1 Å². The number of carbonyl (C=O) groups is 1. The van der Waals surface area contributed by atoms with Gasteiger partial charge in [-0.3, -0.25) is 4.84 Å². The Hall–Kier alpha value is -2.60. The van der Waals surface area contributed by atoms with Gasteiger partial charge in [0.25, 0.3) is 0 Å². The number of carbonyl (C=O) groups excluding carboxylic acids is 1. The lowest BCUT2D eigenvalue weighted by molar-refractivity contribution is -0.133. The van der Waals surface area contributed by atoms with Crippen LogP contribution in [0.3, 0.4) is 0 Å². The van der Waals surface area contributed by atoms with Crippen molar-refractivity contribution in [1.29, 1.82) is 0 Å². The molecule has 2 aromatic rings. The third kappa shape index (κ3) is 6.53. The van der Waals surface area contributed by atoms with Crippen molar-refractivity contribution in [3.05, 3.63) is 82.6 Å². The molecule has 2 aromatic carbocycles. The Labute approximate surface area is 170 Å². The topological polar surface area (TPSA) is 56.8 Å². The van der Waals surface area contributed by atoms with Crippen LogP contribution in [0.25, 0.3) is 11.6 Å². The smallest absolute Gasteiger partial charge is 0.341 e. The van der Waals surface area contributed by atoms with Crippen molar-refractivity contribution in [2.75, 3.05) is 14.2 Å². The number of benzene rings is 2. The number of esters is 1. The molecule has 148 valence electrons. The van der Waals surface area contributed by atoms with Crippen molar-refractivity contribution in [2.24, 2.45) is 0 Å². The molecule has 0 spiro atoms. The molecule has 0 bridgehead atoms. The van der Waals surface area contributed by atoms with E-state index >= 15 is 0 Å². The predicted molar refractivity (Wildman–Crippen MR) is 111 cm³/mol. The first-order valence-corrected chi connectivity index (χ1v) is 9.13. The first kappa shape index (κ1) is 21.7. The van der Waals surface area contributed by atoms with Crippen LogP contribution in [0, 0.1) is 0 Å². The maximum absolute atomic E-state index is 12.0. The van der Waals surface area contributed by atoms with Crippen molar-refractivity contribution in [1.82, 2.24) is 5.48 Å². The van der Waals surface area contributed by atoms with Crippen LogP contribution in [0.1, 0.15) is 23.6 Å². The molecule has 0 aromatic heterocycles. The highest BCUT2D eigenvalue weighted by Gasteiger charge is 2.16. The molecular formula is C22H24ClNO4. The van der Waals surface area contributed by atoms with Crippen LogP contribution in [0.5, 0.6) is 0 Å². The second-order valence-corrected chi connectivity index (χ2v) is 6.46. The summed E-state index contributed by atoms with van der Waals surface area (Å²) >= 11 is 5.89. The fraction of sp³-hybridized carbons (Fsp3) is 0.227. The van der Waals surface area contributed by atoms with Crippen LogP contribution in [0.4, 0.5) is 0 Å². The van der Waals surface area contributed by atoms with E-state index in [1.165, 1.54) is 20.5 Å². The van der Waals surface area contributed by atoms with Gasteiger partial charge in [-0.15, -0.1) is 0 Å². The van der Waals surface area contributed by atoms with Gasteiger partial charge in [0.15, 0.2) is 0 Å². The van der Waals surface area contributed by atoms with Crippen LogP contribution in [0.2, 0.25) is 5.02 Å². The number of hydroxylamine groups is 1. The molecule has 0 aliphatic rings. The van der Waals surface area contributed by atoms with E-state index in [0.29, 0.717) is 16.2 Å². The molecule has 1 atom stereocenters. The van der Waals surface area contributed by atoms with Crippen molar-refractivity contribution in [2.45, 2.75) is 19.6 Å². The lowest BCUT2D eigenvalue weighted by Crippen LogP contribution is -2.24. The Balaban J connectivity index is 1.98. The van der Waals surface area contributed by atoms with Gasteiger partial charge in [-0.2, -0.15) is 5.48 Å². The lowest BCUT2D eigenvalue weighted by Gasteiger charge is -2.14. The lowest BCUT2D eigenvalue weighted by atomic mass is 10.0. The highest BCUT2D eigenvalue weighted by Crippen LogP contribution is 2.21. The van der Waals surface area contributed by atoms with E-state index in [4.69, 9.17) is 25.9 Å². The molecule has 0 amide bonds. The van der Waals surface area contributed by atoms with Gasteiger partial charge >= 0.3 is 5.97 Å². The van der Waals surface area contributed by atoms with Gasteiger partial charge in [0.2, 0.25) is 0 Å². The Bertz CT molecular complexity index is 831. The third-order valence-electron chi connectivity index (χ3n) is 3.89. The normalized spacial score (nSPS) is 12.8. The van der Waals surface area contributed by atoms with Gasteiger partial charge in [0.1, 0.15) is 5.57 Å². The molecule has 0 radical (unpaired) electrons. The predicted octanol–water partition coefficient (Wildman–Crippen LogP) is 4.62. The molecule has 2 rings (SSSR count). The number of methoxy groups -OCH3 is 2. The first-order valence-electron chi connectivity index (χ1n) is 8.75. The molecule has 0 saturated carbocycles. The zero-order valence-corrected chi connectivity index (χ0v) is 16.9. The molecular weight excluding hydrogens is 378 g/mol. The van der Waals surface area contributed by atoms with Gasteiger partial charge < -0.3 is 9.47 Å². The minimum atomic E-state index is -0.471. The summed E-state index contributed by atoms with van der Waals surface area (Å²) in [7, 11) is 2.82. The second kappa shape index (κ2) is 11.3. The van der Waals surface area contributed by atoms with Crippen LogP contribution in [0.15, 0.2) is 60.9 Å². The molecule has 0 heterocycles. The largest absolute Gasteiger partial charge is 0.503 e. The minimum Gasteiger partial charge on any atom is -0.503 e. The van der Waals surface area contributed by atoms with E-state index < -0.39 is 5.97 Å². The Kier molecular flexibility index (Phi) is 8.75. The minimum absolute atomic E-state index is 0.0163. The monoisotopic (exact) mass is 401 g/mol. The number of halogens is 1. The Morgan fingerprint density at radius 2 is 1.86 bits per heavy atom. The SMILES string of the molecule is COC=C(C(=O)OC)c1ccccc1CONC(C)C=Cc1ccc(Cl)cc1. The van der Waals surface area contributed by atoms with Crippen LogP contribution in [-0.2, 0) is 25.7 Å². The summed E-state index contributed by atoms with van der Waals surface area (Å²) in [6.45, 7) is 2.25. The van der Waals surface area contributed by atoms with E-state index in [0.717, 1.165) is 11.1 Å². The van der Waals surface area contributed by atoms with E-state index in [9.17, 15) is 4.79 Å². The number of hydrogen-bond donors (Lipinski definition) is 1. The molecule has 0 aliphatic heterocycles. The quantitative estimate of drug-likeness (QED) is 0.287. The maximum Gasteiger partial charge on any atom is 0.341 e. The van der Waals surface area contributed by atoms with Crippen LogP contribution >= 0.6 is 11.6 Å². The number of rotatable bonds is 9. The molecule has 1 N–H and O–H groups in total. The van der Waals surface area contributed by atoms with Crippen molar-refractivity contribution in [3.63, 3.8) is 0 Å². The summed E-state index contributed by atoms with van der Waals surface area (Å²) < 4.78 is 9.86. The van der Waals surface area contributed by atoms with E-state index in [1.54, 1.807) is 0 Å². The van der Waals surface area contributed by atoms with Crippen LogP contribution < -0.4 is 5.48 Å². The molecule has 1 unspecified atom stereocenters. The van der Waals surface area contributed by atoms with Gasteiger partial charge in [0, 0.05) is 11.1 Å². The van der Waals surface area contributed by atoms with Gasteiger partial charge in [0.05, 0.1) is 27.1 Å². The number of ether oxygens (including phenoxy) is 2.